The molecule has 4 nitrogen and oxygen atoms in total. The van der Waals surface area contributed by atoms with Crippen molar-refractivity contribution in [2.24, 2.45) is 5.92 Å². The maximum absolute atomic E-state index is 11.4. The van der Waals surface area contributed by atoms with Crippen LogP contribution >= 0.6 is 0 Å². The molecule has 0 aromatic heterocycles. The highest BCUT2D eigenvalue weighted by Gasteiger charge is 2.19. The number of carboxylic acid groups (broad SMARTS) is 1. The zero-order valence-electron chi connectivity index (χ0n) is 10.9. The molecule has 98 valence electrons. The number of allylic oxidation sites excluding steroid dienone is 1. The van der Waals surface area contributed by atoms with Crippen LogP contribution in [-0.4, -0.2) is 23.0 Å². The lowest BCUT2D eigenvalue weighted by Gasteiger charge is -2.15. The number of carbonyl (C=O) groups is 2. The van der Waals surface area contributed by atoms with Crippen molar-refractivity contribution in [3.63, 3.8) is 0 Å². The maximum atomic E-state index is 11.4. The van der Waals surface area contributed by atoms with Crippen LogP contribution in [0.4, 0.5) is 0 Å². The zero-order valence-corrected chi connectivity index (χ0v) is 10.9. The lowest BCUT2D eigenvalue weighted by Crippen LogP contribution is -2.40. The molecule has 0 saturated carbocycles. The summed E-state index contributed by atoms with van der Waals surface area (Å²) in [7, 11) is 0. The van der Waals surface area contributed by atoms with Crippen LogP contribution in [0.5, 0.6) is 0 Å². The molecule has 0 radical (unpaired) electrons. The summed E-state index contributed by atoms with van der Waals surface area (Å²) in [5.41, 5.74) is 0. The Balaban J connectivity index is 4.12. The van der Waals surface area contributed by atoms with Crippen LogP contribution in [0.15, 0.2) is 12.2 Å². The van der Waals surface area contributed by atoms with E-state index in [0.717, 1.165) is 19.3 Å². The molecule has 0 bridgehead atoms. The van der Waals surface area contributed by atoms with Gasteiger partial charge in [-0.05, 0) is 24.8 Å². The molecule has 2 N–H and O–H groups in total. The van der Waals surface area contributed by atoms with Gasteiger partial charge in [-0.2, -0.15) is 0 Å². The number of unbranched alkanes of at least 4 members (excludes halogenated alkanes) is 2. The SMILES string of the molecule is CCCC/C=C/C(=O)N[C@@H](CC(C)C)C(=O)O. The van der Waals surface area contributed by atoms with E-state index in [4.69, 9.17) is 5.11 Å². The molecule has 0 aromatic carbocycles. The summed E-state index contributed by atoms with van der Waals surface area (Å²) < 4.78 is 0. The molecular formula is C13H23NO3. The Morgan fingerprint density at radius 3 is 2.47 bits per heavy atom. The molecule has 0 aliphatic heterocycles. The normalized spacial score (nSPS) is 12.9. The smallest absolute Gasteiger partial charge is 0.326 e. The Morgan fingerprint density at radius 2 is 2.00 bits per heavy atom. The first-order valence-corrected chi connectivity index (χ1v) is 6.17. The predicted octanol–water partition coefficient (Wildman–Crippen LogP) is 2.35. The molecule has 0 aromatic rings. The van der Waals surface area contributed by atoms with E-state index >= 15 is 0 Å². The third kappa shape index (κ3) is 8.48. The lowest BCUT2D eigenvalue weighted by molar-refractivity contribution is -0.141. The molecule has 0 rings (SSSR count). The number of aliphatic carboxylic acids is 1. The monoisotopic (exact) mass is 241 g/mol. The van der Waals surface area contributed by atoms with Crippen molar-refractivity contribution in [3.8, 4) is 0 Å². The molecule has 0 saturated heterocycles. The summed E-state index contributed by atoms with van der Waals surface area (Å²) in [4.78, 5) is 22.3. The van der Waals surface area contributed by atoms with Gasteiger partial charge in [0.1, 0.15) is 6.04 Å². The van der Waals surface area contributed by atoms with E-state index in [9.17, 15) is 9.59 Å². The third-order valence-electron chi connectivity index (χ3n) is 2.32. The summed E-state index contributed by atoms with van der Waals surface area (Å²) in [6.45, 7) is 5.94. The Morgan fingerprint density at radius 1 is 1.35 bits per heavy atom. The summed E-state index contributed by atoms with van der Waals surface area (Å²) in [5.74, 6) is -1.07. The van der Waals surface area contributed by atoms with Gasteiger partial charge < -0.3 is 10.4 Å². The van der Waals surface area contributed by atoms with Crippen LogP contribution in [0.2, 0.25) is 0 Å². The van der Waals surface area contributed by atoms with Gasteiger partial charge >= 0.3 is 5.97 Å². The van der Waals surface area contributed by atoms with Gasteiger partial charge in [-0.25, -0.2) is 4.79 Å². The van der Waals surface area contributed by atoms with E-state index in [1.54, 1.807) is 6.08 Å². The number of hydrogen-bond acceptors (Lipinski definition) is 2. The summed E-state index contributed by atoms with van der Waals surface area (Å²) in [6.07, 6.45) is 6.63. The van der Waals surface area contributed by atoms with Crippen molar-refractivity contribution >= 4 is 11.9 Å². The Hall–Kier alpha value is -1.32. The lowest BCUT2D eigenvalue weighted by atomic mass is 10.0. The van der Waals surface area contributed by atoms with E-state index in [0.29, 0.717) is 6.42 Å². The average Bonchev–Trinajstić information content (AvgIpc) is 2.22. The van der Waals surface area contributed by atoms with Crippen molar-refractivity contribution in [1.82, 2.24) is 5.32 Å². The quantitative estimate of drug-likeness (QED) is 0.506. The van der Waals surface area contributed by atoms with Crippen molar-refractivity contribution < 1.29 is 14.7 Å². The van der Waals surface area contributed by atoms with Crippen LogP contribution in [0.25, 0.3) is 0 Å². The molecule has 0 aliphatic carbocycles. The van der Waals surface area contributed by atoms with E-state index in [1.807, 2.05) is 13.8 Å². The zero-order chi connectivity index (χ0) is 13.3. The van der Waals surface area contributed by atoms with Crippen molar-refractivity contribution in [3.05, 3.63) is 12.2 Å². The minimum absolute atomic E-state index is 0.237. The Kier molecular flexibility index (Phi) is 8.11. The minimum Gasteiger partial charge on any atom is -0.480 e. The molecule has 0 aliphatic rings. The molecule has 17 heavy (non-hydrogen) atoms. The summed E-state index contributed by atoms with van der Waals surface area (Å²) in [6, 6.07) is -0.793. The second kappa shape index (κ2) is 8.79. The molecule has 4 heteroatoms. The van der Waals surface area contributed by atoms with Gasteiger partial charge in [0.15, 0.2) is 0 Å². The molecule has 1 amide bonds. The fourth-order valence-electron chi connectivity index (χ4n) is 1.43. The second-order valence-electron chi connectivity index (χ2n) is 4.57. The first-order chi connectivity index (χ1) is 7.97. The maximum Gasteiger partial charge on any atom is 0.326 e. The molecule has 0 spiro atoms. The Bertz CT molecular complexity index is 272. The van der Waals surface area contributed by atoms with E-state index < -0.39 is 12.0 Å². The third-order valence-corrected chi connectivity index (χ3v) is 2.32. The number of nitrogens with one attached hydrogen (secondary N) is 1. The fraction of sp³-hybridized carbons (Fsp3) is 0.692. The summed E-state index contributed by atoms with van der Waals surface area (Å²) in [5, 5.41) is 11.4. The molecule has 0 fully saturated rings. The minimum atomic E-state index is -0.978. The fourth-order valence-corrected chi connectivity index (χ4v) is 1.43. The molecular weight excluding hydrogens is 218 g/mol. The van der Waals surface area contributed by atoms with Crippen molar-refractivity contribution in [1.29, 1.82) is 0 Å². The highest BCUT2D eigenvalue weighted by Crippen LogP contribution is 2.05. The first kappa shape index (κ1) is 15.7. The number of carboxylic acids is 1. The standard InChI is InChI=1S/C13H23NO3/c1-4-5-6-7-8-12(15)14-11(13(16)17)9-10(2)3/h7-8,10-11H,4-6,9H2,1-3H3,(H,14,15)(H,16,17)/b8-7+/t11-/m0/s1. The van der Waals surface area contributed by atoms with Gasteiger partial charge in [0, 0.05) is 0 Å². The molecule has 1 atom stereocenters. The van der Waals surface area contributed by atoms with Gasteiger partial charge in [-0.15, -0.1) is 0 Å². The van der Waals surface area contributed by atoms with Gasteiger partial charge in [-0.1, -0.05) is 39.7 Å². The van der Waals surface area contributed by atoms with Gasteiger partial charge in [0.05, 0.1) is 0 Å². The highest BCUT2D eigenvalue weighted by atomic mass is 16.4. The van der Waals surface area contributed by atoms with E-state index in [-0.39, 0.29) is 11.8 Å². The van der Waals surface area contributed by atoms with Gasteiger partial charge in [0.25, 0.3) is 0 Å². The van der Waals surface area contributed by atoms with Crippen LogP contribution in [-0.2, 0) is 9.59 Å². The number of carbonyl (C=O) groups excluding carboxylic acids is 1. The predicted molar refractivity (Wildman–Crippen MR) is 67.7 cm³/mol. The highest BCUT2D eigenvalue weighted by molar-refractivity contribution is 5.91. The van der Waals surface area contributed by atoms with Crippen molar-refractivity contribution in [2.75, 3.05) is 0 Å². The number of amides is 1. The second-order valence-corrected chi connectivity index (χ2v) is 4.57. The molecule has 0 unspecified atom stereocenters. The number of hydrogen-bond donors (Lipinski definition) is 2. The average molecular weight is 241 g/mol. The van der Waals surface area contributed by atoms with Crippen LogP contribution in [0.3, 0.4) is 0 Å². The van der Waals surface area contributed by atoms with Crippen LogP contribution in [0.1, 0.15) is 46.5 Å². The van der Waals surface area contributed by atoms with Crippen LogP contribution in [0, 0.1) is 5.92 Å². The topological polar surface area (TPSA) is 66.4 Å². The first-order valence-electron chi connectivity index (χ1n) is 6.17. The van der Waals surface area contributed by atoms with Crippen LogP contribution < -0.4 is 5.32 Å². The van der Waals surface area contributed by atoms with E-state index in [2.05, 4.69) is 12.2 Å². The van der Waals surface area contributed by atoms with Crippen molar-refractivity contribution in [2.45, 2.75) is 52.5 Å². The summed E-state index contributed by atoms with van der Waals surface area (Å²) >= 11 is 0. The largest absolute Gasteiger partial charge is 0.480 e. The number of rotatable bonds is 8. The van der Waals surface area contributed by atoms with E-state index in [1.165, 1.54) is 6.08 Å². The molecule has 0 heterocycles. The van der Waals surface area contributed by atoms with Gasteiger partial charge in [0.2, 0.25) is 5.91 Å². The Labute approximate surface area is 103 Å². The van der Waals surface area contributed by atoms with Gasteiger partial charge in [-0.3, -0.25) is 4.79 Å².